The number of fused-ring (bicyclic) bond motifs is 2. The van der Waals surface area contributed by atoms with Crippen LogP contribution < -0.4 is 15.0 Å². The van der Waals surface area contributed by atoms with Crippen LogP contribution in [0.5, 0.6) is 5.88 Å². The fourth-order valence-electron chi connectivity index (χ4n) is 6.34. The quantitative estimate of drug-likeness (QED) is 0.452. The van der Waals surface area contributed by atoms with Gasteiger partial charge in [-0.1, -0.05) is 36.9 Å². The molecule has 0 saturated carbocycles. The van der Waals surface area contributed by atoms with Crippen molar-refractivity contribution >= 4 is 28.1 Å². The van der Waals surface area contributed by atoms with Crippen molar-refractivity contribution in [3.05, 3.63) is 71.4 Å². The van der Waals surface area contributed by atoms with Crippen molar-refractivity contribution in [1.82, 2.24) is 14.8 Å². The number of nitrogens with one attached hydrogen (secondary N) is 1. The molecule has 6 rings (SSSR count). The minimum Gasteiger partial charge on any atom is -0.475 e. The number of nitriles is 1. The number of aryl methyl sites for hydroxylation is 1. The van der Waals surface area contributed by atoms with Crippen molar-refractivity contribution in [2.24, 2.45) is 0 Å². The average molecular weight is 537 g/mol. The fourth-order valence-corrected chi connectivity index (χ4v) is 6.34. The van der Waals surface area contributed by atoms with E-state index in [0.29, 0.717) is 43.7 Å². The first kappa shape index (κ1) is 26.1. The summed E-state index contributed by atoms with van der Waals surface area (Å²) in [7, 11) is 2.12. The molecule has 4 heterocycles. The number of amides is 1. The van der Waals surface area contributed by atoms with Crippen molar-refractivity contribution in [3.63, 3.8) is 0 Å². The van der Waals surface area contributed by atoms with E-state index in [2.05, 4.69) is 78.1 Å². The Kier molecular flexibility index (Phi) is 7.07. The molecule has 1 amide bonds. The van der Waals surface area contributed by atoms with Gasteiger partial charge in [-0.15, -0.1) is 0 Å². The third-order valence-corrected chi connectivity index (χ3v) is 8.67. The number of nitrogens with zero attached hydrogens (tertiary/aromatic N) is 5. The zero-order valence-electron chi connectivity index (χ0n) is 23.3. The molecule has 1 aromatic heterocycles. The highest BCUT2D eigenvalue weighted by Gasteiger charge is 2.33. The third kappa shape index (κ3) is 4.75. The Balaban J connectivity index is 1.34. The van der Waals surface area contributed by atoms with Gasteiger partial charge in [0.2, 0.25) is 11.8 Å². The molecule has 3 aliphatic rings. The minimum absolute atomic E-state index is 0.0649. The lowest BCUT2D eigenvalue weighted by Gasteiger charge is -2.40. The van der Waals surface area contributed by atoms with Gasteiger partial charge in [0.1, 0.15) is 18.2 Å². The number of carbonyl (C=O) groups is 1. The van der Waals surface area contributed by atoms with Crippen molar-refractivity contribution in [2.45, 2.75) is 44.8 Å². The molecule has 206 valence electrons. The molecule has 0 spiro atoms. The predicted octanol–water partition coefficient (Wildman–Crippen LogP) is 4.26. The van der Waals surface area contributed by atoms with Gasteiger partial charge in [0.15, 0.2) is 0 Å². The van der Waals surface area contributed by atoms with Crippen LogP contribution in [0.3, 0.4) is 0 Å². The van der Waals surface area contributed by atoms with E-state index in [1.807, 2.05) is 0 Å². The second kappa shape index (κ2) is 10.8. The summed E-state index contributed by atoms with van der Waals surface area (Å²) >= 11 is 0. The predicted molar refractivity (Wildman–Crippen MR) is 158 cm³/mol. The number of carbonyl (C=O) groups excluding carboxylic acids is 1. The number of likely N-dealkylation sites (tertiary alicyclic amines) is 2. The Morgan fingerprint density at radius 1 is 1.25 bits per heavy atom. The highest BCUT2D eigenvalue weighted by molar-refractivity contribution is 5.97. The molecular formula is C32H36N6O2. The van der Waals surface area contributed by atoms with Crippen LogP contribution in [-0.2, 0) is 17.8 Å². The number of hydrogen-bond donors (Lipinski definition) is 1. The maximum atomic E-state index is 12.0. The second-order valence-electron chi connectivity index (χ2n) is 11.2. The van der Waals surface area contributed by atoms with Crippen molar-refractivity contribution in [3.8, 4) is 11.9 Å². The normalized spacial score (nSPS) is 19.2. The Morgan fingerprint density at radius 3 is 2.77 bits per heavy atom. The van der Waals surface area contributed by atoms with Crippen LogP contribution in [-0.4, -0.2) is 72.6 Å². The van der Waals surface area contributed by atoms with E-state index in [4.69, 9.17) is 9.72 Å². The average Bonchev–Trinajstić information content (AvgIpc) is 3.36. The largest absolute Gasteiger partial charge is 0.475 e. The van der Waals surface area contributed by atoms with Crippen LogP contribution >= 0.6 is 0 Å². The topological polar surface area (TPSA) is 84.7 Å². The minimum atomic E-state index is -0.0685. The van der Waals surface area contributed by atoms with Crippen LogP contribution in [0.4, 0.5) is 11.4 Å². The molecule has 2 saturated heterocycles. The molecular weight excluding hydrogens is 500 g/mol. The SMILES string of the molecule is C=CC(=O)N1CC(Nc2c(C#N)c(OC[C@@H]3CCCN3C)nc3c2CCN(c2cccc4cccc(C)c24)C3)C1. The lowest BCUT2D eigenvalue weighted by atomic mass is 9.96. The van der Waals surface area contributed by atoms with E-state index in [1.165, 1.54) is 28.1 Å². The highest BCUT2D eigenvalue weighted by atomic mass is 16.5. The summed E-state index contributed by atoms with van der Waals surface area (Å²) in [6.45, 7) is 9.94. The molecule has 0 bridgehead atoms. The molecule has 0 aliphatic carbocycles. The first-order valence-corrected chi connectivity index (χ1v) is 14.2. The van der Waals surface area contributed by atoms with Crippen LogP contribution in [0.25, 0.3) is 10.8 Å². The van der Waals surface area contributed by atoms with Gasteiger partial charge < -0.3 is 24.8 Å². The number of anilines is 2. The summed E-state index contributed by atoms with van der Waals surface area (Å²) < 4.78 is 6.32. The maximum absolute atomic E-state index is 12.0. The summed E-state index contributed by atoms with van der Waals surface area (Å²) in [5, 5.41) is 16.4. The molecule has 8 heteroatoms. The summed E-state index contributed by atoms with van der Waals surface area (Å²) in [5.74, 6) is 0.333. The molecule has 40 heavy (non-hydrogen) atoms. The van der Waals surface area contributed by atoms with Gasteiger partial charge in [-0.05, 0) is 62.9 Å². The smallest absolute Gasteiger partial charge is 0.246 e. The first-order chi connectivity index (χ1) is 19.5. The fraction of sp³-hybridized carbons (Fsp3) is 0.406. The van der Waals surface area contributed by atoms with E-state index < -0.39 is 0 Å². The molecule has 1 atom stereocenters. The van der Waals surface area contributed by atoms with E-state index >= 15 is 0 Å². The zero-order valence-corrected chi connectivity index (χ0v) is 23.3. The van der Waals surface area contributed by atoms with E-state index in [0.717, 1.165) is 49.3 Å². The van der Waals surface area contributed by atoms with Crippen molar-refractivity contribution in [2.75, 3.05) is 50.1 Å². The van der Waals surface area contributed by atoms with Crippen molar-refractivity contribution < 1.29 is 9.53 Å². The Labute approximate surface area is 235 Å². The van der Waals surface area contributed by atoms with Crippen LogP contribution in [0, 0.1) is 18.3 Å². The van der Waals surface area contributed by atoms with E-state index in [9.17, 15) is 10.1 Å². The molecule has 2 fully saturated rings. The lowest BCUT2D eigenvalue weighted by molar-refractivity contribution is -0.129. The van der Waals surface area contributed by atoms with Gasteiger partial charge in [-0.3, -0.25) is 4.79 Å². The molecule has 2 aromatic carbocycles. The van der Waals surface area contributed by atoms with Gasteiger partial charge in [-0.2, -0.15) is 5.26 Å². The molecule has 0 unspecified atom stereocenters. The lowest BCUT2D eigenvalue weighted by Crippen LogP contribution is -2.56. The number of benzene rings is 2. The monoisotopic (exact) mass is 536 g/mol. The number of aromatic nitrogens is 1. The van der Waals surface area contributed by atoms with Gasteiger partial charge in [-0.25, -0.2) is 4.98 Å². The van der Waals surface area contributed by atoms with Crippen LogP contribution in [0.15, 0.2) is 49.1 Å². The van der Waals surface area contributed by atoms with E-state index in [-0.39, 0.29) is 11.9 Å². The molecule has 1 N–H and O–H groups in total. The summed E-state index contributed by atoms with van der Waals surface area (Å²) in [5.41, 5.74) is 5.74. The number of ether oxygens (including phenoxy) is 1. The van der Waals surface area contributed by atoms with Gasteiger partial charge in [0.25, 0.3) is 0 Å². The molecule has 0 radical (unpaired) electrons. The Bertz CT molecular complexity index is 1500. The first-order valence-electron chi connectivity index (χ1n) is 14.2. The highest BCUT2D eigenvalue weighted by Crippen LogP contribution is 2.38. The summed E-state index contributed by atoms with van der Waals surface area (Å²) in [4.78, 5) is 23.5. The van der Waals surface area contributed by atoms with Crippen molar-refractivity contribution in [1.29, 1.82) is 5.26 Å². The molecule has 3 aromatic rings. The Morgan fingerprint density at radius 2 is 2.05 bits per heavy atom. The second-order valence-corrected chi connectivity index (χ2v) is 11.2. The summed E-state index contributed by atoms with van der Waals surface area (Å²) in [6.07, 6.45) is 4.34. The molecule has 3 aliphatic heterocycles. The number of hydrogen-bond acceptors (Lipinski definition) is 7. The van der Waals surface area contributed by atoms with E-state index in [1.54, 1.807) is 4.90 Å². The maximum Gasteiger partial charge on any atom is 0.246 e. The zero-order chi connectivity index (χ0) is 27.8. The van der Waals surface area contributed by atoms with Crippen LogP contribution in [0.2, 0.25) is 0 Å². The summed E-state index contributed by atoms with van der Waals surface area (Å²) in [6, 6.07) is 15.7. The van der Waals surface area contributed by atoms with Crippen LogP contribution in [0.1, 0.15) is 35.2 Å². The Hall–Kier alpha value is -4.09. The standard InChI is InChI=1S/C32H36N6O2/c1-4-29(39)38-17-23(18-38)34-31-25-13-15-37(28-12-6-10-22-9-5-8-21(2)30(22)28)19-27(25)35-32(26(31)16-33)40-20-24-11-7-14-36(24)3/h4-6,8-10,12,23-24H,1,7,11,13-15,17-20H2,2-3H3,(H,34,35)/t24-/m0/s1. The van der Waals surface area contributed by atoms with Gasteiger partial charge >= 0.3 is 0 Å². The van der Waals surface area contributed by atoms with Gasteiger partial charge in [0, 0.05) is 42.3 Å². The number of likely N-dealkylation sites (N-methyl/N-ethyl adjacent to an activating group) is 1. The molecule has 8 nitrogen and oxygen atoms in total. The number of rotatable bonds is 7. The number of pyridine rings is 1. The third-order valence-electron chi connectivity index (χ3n) is 8.67. The van der Waals surface area contributed by atoms with Gasteiger partial charge in [0.05, 0.1) is 24.0 Å².